The van der Waals surface area contributed by atoms with Crippen LogP contribution < -0.4 is 0 Å². The van der Waals surface area contributed by atoms with Gasteiger partial charge in [-0.1, -0.05) is 0 Å². The summed E-state index contributed by atoms with van der Waals surface area (Å²) in [6.07, 6.45) is 0. The average Bonchev–Trinajstić information content (AvgIpc) is 1.37. The summed E-state index contributed by atoms with van der Waals surface area (Å²) < 4.78 is 0. The number of hydrogen-bond donors (Lipinski definition) is 0. The van der Waals surface area contributed by atoms with E-state index in [0.29, 0.717) is 0 Å². The van der Waals surface area contributed by atoms with Crippen LogP contribution in [0.4, 0.5) is 0 Å². The Morgan fingerprint density at radius 3 is 2.00 bits per heavy atom. The minimum atomic E-state index is 0. The van der Waals surface area contributed by atoms with Crippen molar-refractivity contribution in [2.24, 2.45) is 5.18 Å². The largest absolute Gasteiger partial charge is 0.323 e. The molecule has 0 amide bonds. The first-order valence-corrected chi connectivity index (χ1v) is 1.02. The molecule has 0 rings (SSSR count). The molecule has 2 nitrogen and oxygen atoms in total. The van der Waals surface area contributed by atoms with Gasteiger partial charge < -0.3 is 12.2 Å². The second-order valence-corrected chi connectivity index (χ2v) is 0.365. The van der Waals surface area contributed by atoms with E-state index >= 15 is 0 Å². The molecule has 0 unspecified atom stereocenters. The Balaban J connectivity index is 0. The summed E-state index contributed by atoms with van der Waals surface area (Å²) >= 11 is 3.82. The molecule has 1 radical (unpaired) electrons. The van der Waals surface area contributed by atoms with Crippen LogP contribution in [0.25, 0.3) is 0 Å². The standard InChI is InChI=1S/CNOS.Co/c3-2-1-4;/q-1;. The second-order valence-electron chi connectivity index (χ2n) is 0.183. The predicted octanol–water partition coefficient (Wildman–Crippen LogP) is 0.585. The molecule has 0 saturated carbocycles. The topological polar surface area (TPSA) is 29.4 Å². The average molecular weight is 133 g/mol. The summed E-state index contributed by atoms with van der Waals surface area (Å²) in [5.41, 5.74) is 1.58. The van der Waals surface area contributed by atoms with Gasteiger partial charge in [0.25, 0.3) is 0 Å². The van der Waals surface area contributed by atoms with Crippen molar-refractivity contribution >= 4 is 17.7 Å². The van der Waals surface area contributed by atoms with E-state index in [1.165, 1.54) is 0 Å². The van der Waals surface area contributed by atoms with Crippen LogP contribution in [0.5, 0.6) is 0 Å². The molecule has 0 bridgehead atoms. The molecule has 0 atom stereocenters. The Bertz CT molecular complexity index is 32.6. The molecule has 31 valence electrons. The Labute approximate surface area is 45.1 Å². The molecule has 0 saturated heterocycles. The zero-order valence-electron chi connectivity index (χ0n) is 2.10. The van der Waals surface area contributed by atoms with Crippen LogP contribution in [0.2, 0.25) is 0 Å². The van der Waals surface area contributed by atoms with E-state index in [-0.39, 0.29) is 16.8 Å². The van der Waals surface area contributed by atoms with Gasteiger partial charge in [0.2, 0.25) is 0 Å². The van der Waals surface area contributed by atoms with Gasteiger partial charge >= 0.3 is 0 Å². The van der Waals surface area contributed by atoms with E-state index in [2.05, 4.69) is 17.4 Å². The molecule has 0 heterocycles. The Morgan fingerprint density at radius 2 is 2.00 bits per heavy atom. The number of hydrogen-bond acceptors (Lipinski definition) is 2. The van der Waals surface area contributed by atoms with Crippen LogP contribution in [0.15, 0.2) is 5.18 Å². The van der Waals surface area contributed by atoms with E-state index in [9.17, 15) is 0 Å². The van der Waals surface area contributed by atoms with Gasteiger partial charge in [-0.25, -0.2) is 5.18 Å². The van der Waals surface area contributed by atoms with Crippen molar-refractivity contribution in [3.05, 3.63) is 4.91 Å². The van der Waals surface area contributed by atoms with Crippen molar-refractivity contribution < 1.29 is 16.8 Å². The fraction of sp³-hybridized carbons (Fsp3) is 0. The minimum Gasteiger partial charge on any atom is -0.323 e. The summed E-state index contributed by atoms with van der Waals surface area (Å²) in [7, 11) is 0. The van der Waals surface area contributed by atoms with Crippen LogP contribution in [-0.2, 0) is 16.8 Å². The minimum absolute atomic E-state index is 0. The van der Waals surface area contributed by atoms with Crippen LogP contribution in [0.3, 0.4) is 0 Å². The number of nitroso groups, excluding NO2 is 1. The molecule has 0 aliphatic rings. The SMILES string of the molecule is O=N[C-]=S.[Co]. The van der Waals surface area contributed by atoms with Gasteiger partial charge in [-0.3, -0.25) is 5.49 Å². The summed E-state index contributed by atoms with van der Waals surface area (Å²) in [6.45, 7) is 0. The quantitative estimate of drug-likeness (QED) is 0.297. The van der Waals surface area contributed by atoms with Crippen molar-refractivity contribution in [2.45, 2.75) is 0 Å². The molecule has 4 heteroatoms. The van der Waals surface area contributed by atoms with Crippen LogP contribution >= 0.6 is 12.2 Å². The molecule has 0 spiro atoms. The number of thiocarbonyl (C=S) groups is 1. The van der Waals surface area contributed by atoms with E-state index in [0.717, 1.165) is 0 Å². The van der Waals surface area contributed by atoms with Gasteiger partial charge in [-0.05, 0) is 0 Å². The maximum atomic E-state index is 8.71. The molecule has 0 fully saturated rings. The van der Waals surface area contributed by atoms with Gasteiger partial charge in [0.15, 0.2) is 0 Å². The van der Waals surface area contributed by atoms with E-state index in [1.54, 1.807) is 5.49 Å². The Kier molecular flexibility index (Phi) is 15.9. The zero-order chi connectivity index (χ0) is 3.41. The molecule has 0 aromatic heterocycles. The third kappa shape index (κ3) is 14.1. The third-order valence-electron chi connectivity index (χ3n) is 0.0373. The van der Waals surface area contributed by atoms with Crippen molar-refractivity contribution in [2.75, 3.05) is 0 Å². The molecule has 0 aromatic carbocycles. The molecular formula is CCoNOS-. The van der Waals surface area contributed by atoms with Crippen molar-refractivity contribution in [3.63, 3.8) is 0 Å². The fourth-order valence-corrected chi connectivity index (χ4v) is 0. The maximum Gasteiger partial charge on any atom is 0 e. The van der Waals surface area contributed by atoms with E-state index in [4.69, 9.17) is 4.91 Å². The van der Waals surface area contributed by atoms with Crippen molar-refractivity contribution in [1.82, 2.24) is 0 Å². The Morgan fingerprint density at radius 1 is 1.80 bits per heavy atom. The van der Waals surface area contributed by atoms with Gasteiger partial charge in [-0.2, -0.15) is 4.91 Å². The van der Waals surface area contributed by atoms with Gasteiger partial charge in [0.1, 0.15) is 0 Å². The molecule has 0 aromatic rings. The third-order valence-corrected chi connectivity index (χ3v) is 0.112. The van der Waals surface area contributed by atoms with Crippen LogP contribution in [-0.4, -0.2) is 5.49 Å². The monoisotopic (exact) mass is 133 g/mol. The summed E-state index contributed by atoms with van der Waals surface area (Å²) in [6, 6.07) is 0. The summed E-state index contributed by atoms with van der Waals surface area (Å²) in [5.74, 6) is 0. The summed E-state index contributed by atoms with van der Waals surface area (Å²) in [5, 5.41) is 2.05. The molecule has 0 aliphatic carbocycles. The summed E-state index contributed by atoms with van der Waals surface area (Å²) in [4.78, 5) is 8.71. The smallest absolute Gasteiger partial charge is 0 e. The Hall–Kier alpha value is 0.196. The predicted molar refractivity (Wildman–Crippen MR) is 18.4 cm³/mol. The molecule has 0 aliphatic heterocycles. The first-order chi connectivity index (χ1) is 1.91. The maximum absolute atomic E-state index is 8.71. The van der Waals surface area contributed by atoms with Crippen LogP contribution in [0.1, 0.15) is 0 Å². The molecular weight excluding hydrogens is 133 g/mol. The molecule has 5 heavy (non-hydrogen) atoms. The van der Waals surface area contributed by atoms with Crippen molar-refractivity contribution in [1.29, 1.82) is 0 Å². The van der Waals surface area contributed by atoms with Gasteiger partial charge in [-0.15, -0.1) is 0 Å². The second kappa shape index (κ2) is 8.89. The first-order valence-electron chi connectivity index (χ1n) is 0.610. The first kappa shape index (κ1) is 8.96. The normalized spacial score (nSPS) is 4.00. The van der Waals surface area contributed by atoms with Gasteiger partial charge in [0.05, 0.1) is 0 Å². The number of rotatable bonds is 1. The van der Waals surface area contributed by atoms with E-state index in [1.807, 2.05) is 0 Å². The van der Waals surface area contributed by atoms with Gasteiger partial charge in [0, 0.05) is 16.8 Å². The zero-order valence-corrected chi connectivity index (χ0v) is 3.95. The van der Waals surface area contributed by atoms with Crippen LogP contribution in [0, 0.1) is 4.91 Å². The number of nitrogens with zero attached hydrogens (tertiary/aromatic N) is 1. The van der Waals surface area contributed by atoms with Crippen molar-refractivity contribution in [3.8, 4) is 0 Å². The molecule has 0 N–H and O–H groups in total. The fourth-order valence-electron chi connectivity index (χ4n) is 0. The van der Waals surface area contributed by atoms with E-state index < -0.39 is 0 Å².